The Kier molecular flexibility index (Phi) is 6.65. The molecule has 5 nitrogen and oxygen atoms in total. The van der Waals surface area contributed by atoms with Crippen LogP contribution in [0.15, 0.2) is 54.6 Å². The number of rotatable bonds is 8. The lowest BCUT2D eigenvalue weighted by Crippen LogP contribution is -2.29. The summed E-state index contributed by atoms with van der Waals surface area (Å²) in [7, 11) is 2.05. The first-order chi connectivity index (χ1) is 14.0. The number of aromatic nitrogens is 2. The van der Waals surface area contributed by atoms with Crippen LogP contribution in [0, 0.1) is 19.7 Å². The van der Waals surface area contributed by atoms with E-state index in [1.165, 1.54) is 17.8 Å². The smallest absolute Gasteiger partial charge is 0.224 e. The zero-order chi connectivity index (χ0) is 20.8. The van der Waals surface area contributed by atoms with Crippen molar-refractivity contribution in [1.29, 1.82) is 0 Å². The first-order valence-electron chi connectivity index (χ1n) is 9.79. The quantitative estimate of drug-likeness (QED) is 0.591. The number of hydrogen-bond donors (Lipinski definition) is 1. The molecule has 6 heteroatoms. The Morgan fingerprint density at radius 1 is 1.10 bits per heavy atom. The van der Waals surface area contributed by atoms with Gasteiger partial charge in [-0.25, -0.2) is 9.07 Å². The molecule has 0 bridgehead atoms. The molecular formula is C23H27FN4O. The lowest BCUT2D eigenvalue weighted by atomic mass is 10.1. The van der Waals surface area contributed by atoms with Crippen LogP contribution in [0.25, 0.3) is 5.69 Å². The van der Waals surface area contributed by atoms with E-state index in [1.54, 1.807) is 16.8 Å². The maximum atomic E-state index is 13.2. The Balaban J connectivity index is 1.52. The van der Waals surface area contributed by atoms with E-state index in [9.17, 15) is 9.18 Å². The van der Waals surface area contributed by atoms with Crippen molar-refractivity contribution in [3.8, 4) is 5.69 Å². The maximum Gasteiger partial charge on any atom is 0.224 e. The van der Waals surface area contributed by atoms with E-state index in [1.807, 2.05) is 39.1 Å². The third-order valence-corrected chi connectivity index (χ3v) is 5.04. The summed E-state index contributed by atoms with van der Waals surface area (Å²) in [4.78, 5) is 14.6. The molecule has 1 N–H and O–H groups in total. The Morgan fingerprint density at radius 3 is 2.48 bits per heavy atom. The Labute approximate surface area is 171 Å². The number of amides is 1. The predicted molar refractivity (Wildman–Crippen MR) is 114 cm³/mol. The second kappa shape index (κ2) is 9.37. The largest absolute Gasteiger partial charge is 0.375 e. The fourth-order valence-electron chi connectivity index (χ4n) is 3.34. The van der Waals surface area contributed by atoms with Crippen molar-refractivity contribution >= 4 is 11.6 Å². The fourth-order valence-corrected chi connectivity index (χ4v) is 3.34. The summed E-state index contributed by atoms with van der Waals surface area (Å²) in [5.41, 5.74) is 4.56. The summed E-state index contributed by atoms with van der Waals surface area (Å²) in [6, 6.07) is 16.4. The average molecular weight is 394 g/mol. The third-order valence-electron chi connectivity index (χ3n) is 5.04. The first-order valence-corrected chi connectivity index (χ1v) is 9.79. The van der Waals surface area contributed by atoms with Gasteiger partial charge >= 0.3 is 0 Å². The van der Waals surface area contributed by atoms with Gasteiger partial charge in [-0.15, -0.1) is 0 Å². The molecule has 0 atom stereocenters. The molecule has 2 aromatic carbocycles. The number of carbonyl (C=O) groups is 1. The molecule has 0 saturated carbocycles. The Bertz CT molecular complexity index is 951. The molecule has 3 rings (SSSR count). The summed E-state index contributed by atoms with van der Waals surface area (Å²) in [6.45, 7) is 5.32. The highest BCUT2D eigenvalue weighted by Gasteiger charge is 2.16. The van der Waals surface area contributed by atoms with Gasteiger partial charge < -0.3 is 10.2 Å². The first kappa shape index (κ1) is 20.6. The number of hydrogen-bond acceptors (Lipinski definition) is 3. The molecule has 0 spiro atoms. The van der Waals surface area contributed by atoms with E-state index in [2.05, 4.69) is 27.4 Å². The number of nitrogens with one attached hydrogen (secondary N) is 1. The SMILES string of the molecule is Cc1nn(-c2ccc(F)cc2)c(C)c1CC(=O)NCCCN(C)c1ccccc1. The van der Waals surface area contributed by atoms with E-state index in [4.69, 9.17) is 0 Å². The third kappa shape index (κ3) is 5.22. The molecule has 0 radical (unpaired) electrons. The van der Waals surface area contributed by atoms with Crippen LogP contribution < -0.4 is 10.2 Å². The molecule has 0 saturated heterocycles. The highest BCUT2D eigenvalue weighted by molar-refractivity contribution is 5.79. The molecule has 0 unspecified atom stereocenters. The van der Waals surface area contributed by atoms with Gasteiger partial charge in [-0.05, 0) is 56.7 Å². The van der Waals surface area contributed by atoms with Gasteiger partial charge in [0, 0.05) is 37.1 Å². The molecule has 3 aromatic rings. The van der Waals surface area contributed by atoms with Gasteiger partial charge in [0.25, 0.3) is 0 Å². The second-order valence-electron chi connectivity index (χ2n) is 7.17. The van der Waals surface area contributed by atoms with Crippen molar-refractivity contribution in [3.63, 3.8) is 0 Å². The van der Waals surface area contributed by atoms with Crippen LogP contribution in [0.2, 0.25) is 0 Å². The molecule has 0 fully saturated rings. The predicted octanol–water partition coefficient (Wildman–Crippen LogP) is 3.81. The minimum Gasteiger partial charge on any atom is -0.375 e. The number of benzene rings is 2. The van der Waals surface area contributed by atoms with Crippen LogP contribution in [0.5, 0.6) is 0 Å². The molecule has 29 heavy (non-hydrogen) atoms. The molecule has 0 aliphatic carbocycles. The van der Waals surface area contributed by atoms with Gasteiger partial charge in [-0.3, -0.25) is 4.79 Å². The monoisotopic (exact) mass is 394 g/mol. The van der Waals surface area contributed by atoms with Gasteiger partial charge in [-0.2, -0.15) is 5.10 Å². The van der Waals surface area contributed by atoms with Crippen molar-refractivity contribution < 1.29 is 9.18 Å². The second-order valence-corrected chi connectivity index (χ2v) is 7.17. The number of para-hydroxylation sites is 1. The van der Waals surface area contributed by atoms with Crippen molar-refractivity contribution in [2.75, 3.05) is 25.0 Å². The van der Waals surface area contributed by atoms with Crippen LogP contribution in [0.4, 0.5) is 10.1 Å². The van der Waals surface area contributed by atoms with Crippen LogP contribution in [0.3, 0.4) is 0 Å². The van der Waals surface area contributed by atoms with E-state index >= 15 is 0 Å². The number of aryl methyl sites for hydroxylation is 1. The molecule has 0 aliphatic rings. The average Bonchev–Trinajstić information content (AvgIpc) is 3.00. The van der Waals surface area contributed by atoms with Crippen molar-refractivity contribution in [3.05, 3.63) is 77.4 Å². The molecule has 152 valence electrons. The standard InChI is InChI=1S/C23H27FN4O/c1-17-22(18(2)28(26-17)21-12-10-19(24)11-13-21)16-23(29)25-14-7-15-27(3)20-8-5-4-6-9-20/h4-6,8-13H,7,14-16H2,1-3H3,(H,25,29). The molecule has 1 heterocycles. The number of anilines is 1. The molecular weight excluding hydrogens is 367 g/mol. The normalized spacial score (nSPS) is 10.8. The van der Waals surface area contributed by atoms with Gasteiger partial charge in [0.2, 0.25) is 5.91 Å². The van der Waals surface area contributed by atoms with Crippen LogP contribution in [-0.4, -0.2) is 35.8 Å². The summed E-state index contributed by atoms with van der Waals surface area (Å²) in [5.74, 6) is -0.301. The van der Waals surface area contributed by atoms with E-state index in [0.717, 1.165) is 35.6 Å². The Hall–Kier alpha value is -3.15. The molecule has 1 aromatic heterocycles. The Morgan fingerprint density at radius 2 is 1.79 bits per heavy atom. The highest BCUT2D eigenvalue weighted by Crippen LogP contribution is 2.19. The van der Waals surface area contributed by atoms with E-state index in [0.29, 0.717) is 6.54 Å². The zero-order valence-electron chi connectivity index (χ0n) is 17.2. The highest BCUT2D eigenvalue weighted by atomic mass is 19.1. The lowest BCUT2D eigenvalue weighted by molar-refractivity contribution is -0.120. The number of nitrogens with zero attached hydrogens (tertiary/aromatic N) is 3. The van der Waals surface area contributed by atoms with Crippen LogP contribution >= 0.6 is 0 Å². The van der Waals surface area contributed by atoms with Gasteiger partial charge in [0.05, 0.1) is 17.8 Å². The van der Waals surface area contributed by atoms with Crippen LogP contribution in [0.1, 0.15) is 23.4 Å². The molecule has 1 amide bonds. The van der Waals surface area contributed by atoms with E-state index in [-0.39, 0.29) is 18.1 Å². The minimum atomic E-state index is -0.284. The van der Waals surface area contributed by atoms with E-state index < -0.39 is 0 Å². The van der Waals surface area contributed by atoms with Gasteiger partial charge in [-0.1, -0.05) is 18.2 Å². The van der Waals surface area contributed by atoms with Crippen molar-refractivity contribution in [1.82, 2.24) is 15.1 Å². The maximum absolute atomic E-state index is 13.2. The topological polar surface area (TPSA) is 50.2 Å². The summed E-state index contributed by atoms with van der Waals surface area (Å²) >= 11 is 0. The van der Waals surface area contributed by atoms with Gasteiger partial charge in [0.15, 0.2) is 0 Å². The van der Waals surface area contributed by atoms with Crippen molar-refractivity contribution in [2.45, 2.75) is 26.7 Å². The van der Waals surface area contributed by atoms with Crippen LogP contribution in [-0.2, 0) is 11.2 Å². The fraction of sp³-hybridized carbons (Fsp3) is 0.304. The zero-order valence-corrected chi connectivity index (χ0v) is 17.2. The summed E-state index contributed by atoms with van der Waals surface area (Å²) in [6.07, 6.45) is 1.15. The summed E-state index contributed by atoms with van der Waals surface area (Å²) < 4.78 is 14.9. The van der Waals surface area contributed by atoms with Crippen molar-refractivity contribution in [2.24, 2.45) is 0 Å². The van der Waals surface area contributed by atoms with Gasteiger partial charge in [0.1, 0.15) is 5.82 Å². The lowest BCUT2D eigenvalue weighted by Gasteiger charge is -2.19. The molecule has 0 aliphatic heterocycles. The summed E-state index contributed by atoms with van der Waals surface area (Å²) in [5, 5.41) is 7.52. The number of carbonyl (C=O) groups excluding carboxylic acids is 1. The minimum absolute atomic E-state index is 0.0165. The number of halogens is 1.